The molecule has 0 aromatic rings. The average Bonchev–Trinajstić information content (AvgIpc) is 2.67. The van der Waals surface area contributed by atoms with Crippen molar-refractivity contribution in [3.8, 4) is 0 Å². The van der Waals surface area contributed by atoms with Gasteiger partial charge in [-0.3, -0.25) is 4.79 Å². The topological polar surface area (TPSA) is 58.8 Å². The fraction of sp³-hybridized carbons (Fsp3) is 0.929. The quantitative estimate of drug-likeness (QED) is 0.740. The van der Waals surface area contributed by atoms with Crippen molar-refractivity contribution in [2.75, 3.05) is 46.4 Å². The van der Waals surface area contributed by atoms with E-state index in [9.17, 15) is 4.79 Å². The molecule has 1 amide bonds. The molecule has 112 valence electrons. The second-order valence-electron chi connectivity index (χ2n) is 5.30. The Balaban J connectivity index is 2.29. The van der Waals surface area contributed by atoms with Crippen molar-refractivity contribution in [1.82, 2.24) is 9.80 Å². The van der Waals surface area contributed by atoms with Gasteiger partial charge < -0.3 is 20.3 Å². The third kappa shape index (κ3) is 6.36. The molecule has 5 nitrogen and oxygen atoms in total. The Kier molecular flexibility index (Phi) is 8.02. The molecule has 0 aliphatic carbocycles. The Morgan fingerprint density at radius 3 is 2.79 bits per heavy atom. The maximum atomic E-state index is 12.1. The third-order valence-electron chi connectivity index (χ3n) is 3.79. The molecule has 0 aromatic carbocycles. The number of ether oxygens (including phenoxy) is 1. The van der Waals surface area contributed by atoms with E-state index in [1.165, 1.54) is 0 Å². The van der Waals surface area contributed by atoms with Crippen molar-refractivity contribution in [2.24, 2.45) is 5.73 Å². The first-order valence-corrected chi connectivity index (χ1v) is 7.40. The molecule has 1 fully saturated rings. The summed E-state index contributed by atoms with van der Waals surface area (Å²) < 4.78 is 5.18. The number of nitrogens with zero attached hydrogens (tertiary/aromatic N) is 2. The van der Waals surface area contributed by atoms with E-state index in [0.29, 0.717) is 6.42 Å². The van der Waals surface area contributed by atoms with Crippen molar-refractivity contribution < 1.29 is 9.53 Å². The highest BCUT2D eigenvalue weighted by Crippen LogP contribution is 2.08. The van der Waals surface area contributed by atoms with Gasteiger partial charge in [-0.15, -0.1) is 0 Å². The zero-order chi connectivity index (χ0) is 14.1. The third-order valence-corrected chi connectivity index (χ3v) is 3.79. The van der Waals surface area contributed by atoms with E-state index in [2.05, 4.69) is 4.90 Å². The van der Waals surface area contributed by atoms with E-state index >= 15 is 0 Å². The molecular formula is C14H29N3O2. The smallest absolute Gasteiger partial charge is 0.222 e. The van der Waals surface area contributed by atoms with Crippen LogP contribution in [0.5, 0.6) is 0 Å². The lowest BCUT2D eigenvalue weighted by Crippen LogP contribution is -2.35. The Morgan fingerprint density at radius 2 is 2.11 bits per heavy atom. The fourth-order valence-corrected chi connectivity index (χ4v) is 2.36. The molecule has 0 radical (unpaired) electrons. The maximum Gasteiger partial charge on any atom is 0.222 e. The number of rotatable bonds is 7. The number of hydrogen-bond acceptors (Lipinski definition) is 4. The van der Waals surface area contributed by atoms with E-state index in [1.54, 1.807) is 7.11 Å². The summed E-state index contributed by atoms with van der Waals surface area (Å²) in [5.74, 6) is 0.268. The van der Waals surface area contributed by atoms with Gasteiger partial charge in [0.15, 0.2) is 0 Å². The average molecular weight is 271 g/mol. The van der Waals surface area contributed by atoms with Gasteiger partial charge >= 0.3 is 0 Å². The maximum absolute atomic E-state index is 12.1. The molecule has 1 aliphatic heterocycles. The van der Waals surface area contributed by atoms with Crippen LogP contribution in [0.4, 0.5) is 0 Å². The molecule has 0 spiro atoms. The fourth-order valence-electron chi connectivity index (χ4n) is 2.36. The molecule has 5 heteroatoms. The lowest BCUT2D eigenvalue weighted by molar-refractivity contribution is -0.131. The monoisotopic (exact) mass is 271 g/mol. The van der Waals surface area contributed by atoms with Crippen LogP contribution >= 0.6 is 0 Å². The number of amides is 1. The summed E-state index contributed by atoms with van der Waals surface area (Å²) in [6.07, 6.45) is 3.67. The van der Waals surface area contributed by atoms with Gasteiger partial charge in [-0.05, 0) is 45.8 Å². The number of hydrogen-bond donors (Lipinski definition) is 1. The highest BCUT2D eigenvalue weighted by molar-refractivity contribution is 5.76. The minimum Gasteiger partial charge on any atom is -0.382 e. The van der Waals surface area contributed by atoms with E-state index in [1.807, 2.05) is 11.8 Å². The number of carbonyl (C=O) groups is 1. The van der Waals surface area contributed by atoms with Gasteiger partial charge in [0, 0.05) is 33.2 Å². The largest absolute Gasteiger partial charge is 0.382 e. The van der Waals surface area contributed by atoms with Crippen molar-refractivity contribution >= 4 is 5.91 Å². The SMILES string of the molecule is COC(C)CCC(=O)N1CCCN(CCCN)CC1. The first-order chi connectivity index (χ1) is 9.17. The van der Waals surface area contributed by atoms with E-state index in [0.717, 1.165) is 58.5 Å². The lowest BCUT2D eigenvalue weighted by Gasteiger charge is -2.22. The first kappa shape index (κ1) is 16.4. The van der Waals surface area contributed by atoms with E-state index < -0.39 is 0 Å². The summed E-state index contributed by atoms with van der Waals surface area (Å²) in [4.78, 5) is 16.5. The molecule has 1 aliphatic rings. The zero-order valence-corrected chi connectivity index (χ0v) is 12.4. The highest BCUT2D eigenvalue weighted by Gasteiger charge is 2.19. The molecule has 1 rings (SSSR count). The second kappa shape index (κ2) is 9.28. The highest BCUT2D eigenvalue weighted by atomic mass is 16.5. The molecule has 1 saturated heterocycles. The van der Waals surface area contributed by atoms with Crippen molar-refractivity contribution in [1.29, 1.82) is 0 Å². The minimum atomic E-state index is 0.164. The normalized spacial score (nSPS) is 19.2. The van der Waals surface area contributed by atoms with Crippen LogP contribution < -0.4 is 5.73 Å². The number of carbonyl (C=O) groups excluding carboxylic acids is 1. The van der Waals surface area contributed by atoms with Crippen molar-refractivity contribution in [3.63, 3.8) is 0 Å². The van der Waals surface area contributed by atoms with Gasteiger partial charge in [0.2, 0.25) is 5.91 Å². The molecule has 1 heterocycles. The van der Waals surface area contributed by atoms with Crippen LogP contribution in [-0.2, 0) is 9.53 Å². The van der Waals surface area contributed by atoms with Gasteiger partial charge in [-0.1, -0.05) is 0 Å². The van der Waals surface area contributed by atoms with Gasteiger partial charge in [0.1, 0.15) is 0 Å². The molecule has 2 N–H and O–H groups in total. The summed E-state index contributed by atoms with van der Waals surface area (Å²) in [5.41, 5.74) is 5.54. The molecule has 19 heavy (non-hydrogen) atoms. The van der Waals surface area contributed by atoms with Gasteiger partial charge in [-0.2, -0.15) is 0 Å². The van der Waals surface area contributed by atoms with Gasteiger partial charge in [0.25, 0.3) is 0 Å². The molecule has 0 saturated carbocycles. The predicted molar refractivity (Wildman–Crippen MR) is 77.0 cm³/mol. The second-order valence-corrected chi connectivity index (χ2v) is 5.30. The van der Waals surface area contributed by atoms with Gasteiger partial charge in [-0.25, -0.2) is 0 Å². The van der Waals surface area contributed by atoms with Crippen LogP contribution in [0, 0.1) is 0 Å². The summed E-state index contributed by atoms with van der Waals surface area (Å²) in [6.45, 7) is 7.60. The molecule has 1 atom stereocenters. The number of nitrogens with two attached hydrogens (primary N) is 1. The Bertz CT molecular complexity index is 261. The molecule has 0 bridgehead atoms. The van der Waals surface area contributed by atoms with E-state index in [4.69, 9.17) is 10.5 Å². The van der Waals surface area contributed by atoms with Crippen LogP contribution in [0.2, 0.25) is 0 Å². The summed E-state index contributed by atoms with van der Waals surface area (Å²) in [5, 5.41) is 0. The Labute approximate surface area is 117 Å². The molecule has 0 aromatic heterocycles. The van der Waals surface area contributed by atoms with E-state index in [-0.39, 0.29) is 12.0 Å². The minimum absolute atomic E-state index is 0.164. The standard InChI is InChI=1S/C14H29N3O2/c1-13(19-2)5-6-14(18)17-10-4-9-16(11-12-17)8-3-7-15/h13H,3-12,15H2,1-2H3. The van der Waals surface area contributed by atoms with Crippen LogP contribution in [0.1, 0.15) is 32.6 Å². The Morgan fingerprint density at radius 1 is 1.32 bits per heavy atom. The summed E-state index contributed by atoms with van der Waals surface area (Å²) >= 11 is 0. The number of methoxy groups -OCH3 is 1. The first-order valence-electron chi connectivity index (χ1n) is 7.40. The van der Waals surface area contributed by atoms with Crippen LogP contribution in [0.3, 0.4) is 0 Å². The lowest BCUT2D eigenvalue weighted by atomic mass is 10.2. The van der Waals surface area contributed by atoms with Crippen molar-refractivity contribution in [2.45, 2.75) is 38.7 Å². The molecular weight excluding hydrogens is 242 g/mol. The van der Waals surface area contributed by atoms with Crippen molar-refractivity contribution in [3.05, 3.63) is 0 Å². The Hall–Kier alpha value is -0.650. The summed E-state index contributed by atoms with van der Waals surface area (Å²) in [6, 6.07) is 0. The van der Waals surface area contributed by atoms with Crippen LogP contribution in [0.25, 0.3) is 0 Å². The zero-order valence-electron chi connectivity index (χ0n) is 12.4. The van der Waals surface area contributed by atoms with Crippen LogP contribution in [-0.4, -0.2) is 68.2 Å². The molecule has 1 unspecified atom stereocenters. The van der Waals surface area contributed by atoms with Crippen LogP contribution in [0.15, 0.2) is 0 Å². The predicted octanol–water partition coefficient (Wildman–Crippen LogP) is 0.685. The van der Waals surface area contributed by atoms with Gasteiger partial charge in [0.05, 0.1) is 6.10 Å². The summed E-state index contributed by atoms with van der Waals surface area (Å²) in [7, 11) is 1.69.